The summed E-state index contributed by atoms with van der Waals surface area (Å²) < 4.78 is 0. The third-order valence-corrected chi connectivity index (χ3v) is 3.79. The van der Waals surface area contributed by atoms with Gasteiger partial charge in [0.15, 0.2) is 0 Å². The number of fused-ring (bicyclic) bond motifs is 1. The number of nitrogens with zero attached hydrogens (tertiary/aromatic N) is 1. The van der Waals surface area contributed by atoms with E-state index in [9.17, 15) is 4.79 Å². The van der Waals surface area contributed by atoms with E-state index in [1.807, 2.05) is 6.07 Å². The molecule has 1 saturated heterocycles. The number of nitrogens with two attached hydrogens (primary N) is 1. The van der Waals surface area contributed by atoms with E-state index in [0.717, 1.165) is 42.8 Å². The Hall–Kier alpha value is -1.88. The minimum Gasteiger partial charge on any atom is -0.366 e. The van der Waals surface area contributed by atoms with Gasteiger partial charge >= 0.3 is 0 Å². The third kappa shape index (κ3) is 2.10. The highest BCUT2D eigenvalue weighted by molar-refractivity contribution is 6.04. The van der Waals surface area contributed by atoms with E-state index >= 15 is 0 Å². The van der Waals surface area contributed by atoms with Gasteiger partial charge < -0.3 is 16.0 Å². The maximum absolute atomic E-state index is 11.6. The molecular formula is C14H18N4O. The van der Waals surface area contributed by atoms with Crippen molar-refractivity contribution in [3.05, 3.63) is 29.1 Å². The van der Waals surface area contributed by atoms with E-state index in [2.05, 4.69) is 28.3 Å². The van der Waals surface area contributed by atoms with Crippen LogP contribution in [0.15, 0.2) is 12.1 Å². The molecule has 1 aliphatic rings. The predicted octanol–water partition coefficient (Wildman–Crippen LogP) is 1.30. The number of nitrogens with one attached hydrogen (secondary N) is 2. The maximum atomic E-state index is 11.6. The Morgan fingerprint density at radius 1 is 1.53 bits per heavy atom. The molecule has 1 unspecified atom stereocenters. The highest BCUT2D eigenvalue weighted by Gasteiger charge is 2.21. The number of aromatic amines is 1. The van der Waals surface area contributed by atoms with E-state index in [1.165, 1.54) is 0 Å². The number of benzene rings is 1. The number of amides is 1. The van der Waals surface area contributed by atoms with Crippen LogP contribution in [0.2, 0.25) is 0 Å². The van der Waals surface area contributed by atoms with Crippen LogP contribution < -0.4 is 11.1 Å². The zero-order chi connectivity index (χ0) is 13.4. The number of rotatable bonds is 3. The highest BCUT2D eigenvalue weighted by atomic mass is 16.1. The number of primary amides is 1. The Morgan fingerprint density at radius 3 is 3.00 bits per heavy atom. The lowest BCUT2D eigenvalue weighted by Crippen LogP contribution is -2.12. The lowest BCUT2D eigenvalue weighted by Gasteiger charge is -2.01. The molecular weight excluding hydrogens is 240 g/mol. The molecule has 2 aromatic rings. The van der Waals surface area contributed by atoms with Crippen molar-refractivity contribution in [1.82, 2.24) is 15.3 Å². The summed E-state index contributed by atoms with van der Waals surface area (Å²) in [5.74, 6) is 0.942. The Balaban J connectivity index is 2.14. The summed E-state index contributed by atoms with van der Waals surface area (Å²) in [7, 11) is 0. The highest BCUT2D eigenvalue weighted by Crippen LogP contribution is 2.25. The van der Waals surface area contributed by atoms with Crippen LogP contribution in [-0.4, -0.2) is 29.0 Å². The summed E-state index contributed by atoms with van der Waals surface area (Å²) in [4.78, 5) is 19.5. The van der Waals surface area contributed by atoms with E-state index < -0.39 is 5.91 Å². The third-order valence-electron chi connectivity index (χ3n) is 3.79. The van der Waals surface area contributed by atoms with Crippen molar-refractivity contribution >= 4 is 16.9 Å². The molecule has 1 fully saturated rings. The summed E-state index contributed by atoms with van der Waals surface area (Å²) in [6.45, 7) is 4.01. The van der Waals surface area contributed by atoms with Crippen molar-refractivity contribution in [1.29, 1.82) is 0 Å². The second-order valence-corrected chi connectivity index (χ2v) is 5.07. The van der Waals surface area contributed by atoms with Crippen LogP contribution in [-0.2, 0) is 6.42 Å². The monoisotopic (exact) mass is 258 g/mol. The van der Waals surface area contributed by atoms with Gasteiger partial charge in [-0.1, -0.05) is 6.92 Å². The first-order valence-corrected chi connectivity index (χ1v) is 6.72. The fraction of sp³-hybridized carbons (Fsp3) is 0.429. The topological polar surface area (TPSA) is 83.8 Å². The van der Waals surface area contributed by atoms with Crippen LogP contribution in [0.5, 0.6) is 0 Å². The van der Waals surface area contributed by atoms with Crippen LogP contribution >= 0.6 is 0 Å². The van der Waals surface area contributed by atoms with Crippen LogP contribution in [0.1, 0.15) is 41.0 Å². The summed E-state index contributed by atoms with van der Waals surface area (Å²) in [5.41, 5.74) is 8.69. The van der Waals surface area contributed by atoms with Gasteiger partial charge in [0.05, 0.1) is 11.1 Å². The summed E-state index contributed by atoms with van der Waals surface area (Å²) in [6.07, 6.45) is 1.95. The summed E-state index contributed by atoms with van der Waals surface area (Å²) in [6, 6.07) is 3.91. The summed E-state index contributed by atoms with van der Waals surface area (Å²) in [5, 5.41) is 3.32. The van der Waals surface area contributed by atoms with Gasteiger partial charge in [0.25, 0.3) is 5.91 Å². The van der Waals surface area contributed by atoms with Gasteiger partial charge in [-0.3, -0.25) is 4.79 Å². The molecule has 0 radical (unpaired) electrons. The largest absolute Gasteiger partial charge is 0.366 e. The Labute approximate surface area is 111 Å². The number of carbonyl (C=O) groups is 1. The molecule has 1 amide bonds. The van der Waals surface area contributed by atoms with Crippen LogP contribution in [0, 0.1) is 0 Å². The van der Waals surface area contributed by atoms with Crippen LogP contribution in [0.3, 0.4) is 0 Å². The van der Waals surface area contributed by atoms with Gasteiger partial charge in [-0.15, -0.1) is 0 Å². The standard InChI is InChI=1S/C14H18N4O/c1-2-8-5-10(13(15)19)12-11(6-8)17-14(18-12)9-3-4-16-7-9/h5-6,9,16H,2-4,7H2,1H3,(H2,15,19)(H,17,18). The molecule has 4 N–H and O–H groups in total. The number of carbonyl (C=O) groups excluding carboxylic acids is 1. The molecule has 0 aliphatic carbocycles. The minimum atomic E-state index is -0.414. The molecule has 19 heavy (non-hydrogen) atoms. The van der Waals surface area contributed by atoms with Gasteiger partial charge in [-0.2, -0.15) is 0 Å². The number of hydrogen-bond donors (Lipinski definition) is 3. The molecule has 0 spiro atoms. The fourth-order valence-electron chi connectivity index (χ4n) is 2.67. The predicted molar refractivity (Wildman–Crippen MR) is 74.2 cm³/mol. The van der Waals surface area contributed by atoms with Crippen molar-refractivity contribution in [2.45, 2.75) is 25.7 Å². The average molecular weight is 258 g/mol. The van der Waals surface area contributed by atoms with Crippen molar-refractivity contribution < 1.29 is 4.79 Å². The molecule has 1 aliphatic heterocycles. The molecule has 100 valence electrons. The van der Waals surface area contributed by atoms with E-state index in [1.54, 1.807) is 0 Å². The lowest BCUT2D eigenvalue weighted by molar-refractivity contribution is 0.100. The maximum Gasteiger partial charge on any atom is 0.250 e. The quantitative estimate of drug-likeness (QED) is 0.776. The Morgan fingerprint density at radius 2 is 2.37 bits per heavy atom. The van der Waals surface area contributed by atoms with Gasteiger partial charge in [0, 0.05) is 12.5 Å². The SMILES string of the molecule is CCc1cc(C(N)=O)c2nc(C3CCNC3)[nH]c2c1. The normalized spacial score (nSPS) is 19.1. The van der Waals surface area contributed by atoms with Crippen LogP contribution in [0.4, 0.5) is 0 Å². The number of aryl methyl sites for hydroxylation is 1. The molecule has 1 aromatic heterocycles. The summed E-state index contributed by atoms with van der Waals surface area (Å²) >= 11 is 0. The number of imidazole rings is 1. The lowest BCUT2D eigenvalue weighted by atomic mass is 10.1. The van der Waals surface area contributed by atoms with Crippen molar-refractivity contribution in [3.63, 3.8) is 0 Å². The molecule has 1 aromatic carbocycles. The van der Waals surface area contributed by atoms with Crippen molar-refractivity contribution in [3.8, 4) is 0 Å². The molecule has 0 bridgehead atoms. The number of hydrogen-bond acceptors (Lipinski definition) is 3. The Kier molecular flexibility index (Phi) is 2.98. The minimum absolute atomic E-state index is 0.401. The zero-order valence-electron chi connectivity index (χ0n) is 11.0. The van der Waals surface area contributed by atoms with Crippen molar-refractivity contribution in [2.24, 2.45) is 5.73 Å². The first-order valence-electron chi connectivity index (χ1n) is 6.72. The smallest absolute Gasteiger partial charge is 0.250 e. The second-order valence-electron chi connectivity index (χ2n) is 5.07. The molecule has 3 rings (SSSR count). The van der Waals surface area contributed by atoms with Gasteiger partial charge in [-0.05, 0) is 37.1 Å². The first-order chi connectivity index (χ1) is 9.19. The van der Waals surface area contributed by atoms with E-state index in [4.69, 9.17) is 5.73 Å². The molecule has 1 atom stereocenters. The van der Waals surface area contributed by atoms with E-state index in [-0.39, 0.29) is 0 Å². The van der Waals surface area contributed by atoms with Gasteiger partial charge in [0.2, 0.25) is 0 Å². The second kappa shape index (κ2) is 4.66. The number of H-pyrrole nitrogens is 1. The van der Waals surface area contributed by atoms with Gasteiger partial charge in [0.1, 0.15) is 11.3 Å². The van der Waals surface area contributed by atoms with E-state index in [0.29, 0.717) is 17.0 Å². The van der Waals surface area contributed by atoms with Crippen molar-refractivity contribution in [2.75, 3.05) is 13.1 Å². The average Bonchev–Trinajstić information content (AvgIpc) is 3.05. The molecule has 5 heteroatoms. The van der Waals surface area contributed by atoms with Gasteiger partial charge in [-0.25, -0.2) is 4.98 Å². The van der Waals surface area contributed by atoms with Crippen LogP contribution in [0.25, 0.3) is 11.0 Å². The first kappa shape index (κ1) is 12.2. The molecule has 0 saturated carbocycles. The molecule has 2 heterocycles. The zero-order valence-corrected chi connectivity index (χ0v) is 11.0. The Bertz CT molecular complexity index is 626. The fourth-order valence-corrected chi connectivity index (χ4v) is 2.67. The molecule has 5 nitrogen and oxygen atoms in total. The number of aromatic nitrogens is 2.